The van der Waals surface area contributed by atoms with Crippen molar-refractivity contribution in [1.82, 2.24) is 9.55 Å². The molecule has 0 aliphatic rings. The zero-order valence-corrected chi connectivity index (χ0v) is 8.83. The molecule has 1 rings (SSSR count). The van der Waals surface area contributed by atoms with Gasteiger partial charge < -0.3 is 4.57 Å². The summed E-state index contributed by atoms with van der Waals surface area (Å²) in [4.78, 5) is 24.4. The lowest BCUT2D eigenvalue weighted by molar-refractivity contribution is 0.288. The predicted molar refractivity (Wildman–Crippen MR) is 55.4 cm³/mol. The second kappa shape index (κ2) is 3.82. The van der Waals surface area contributed by atoms with Crippen LogP contribution in [0.5, 0.6) is 0 Å². The predicted octanol–water partition coefficient (Wildman–Crippen LogP) is 0.973. The van der Waals surface area contributed by atoms with Gasteiger partial charge >= 0.3 is 5.69 Å². The molecule has 14 heavy (non-hydrogen) atoms. The standard InChI is InChI=1S/C10H16N2O2/c1-4-10(2,3)7-12-6-5-8(13)11-9(12)14/h5-6H,4,7H2,1-3H3,(H,11,13,14). The summed E-state index contributed by atoms with van der Waals surface area (Å²) < 4.78 is 1.53. The molecule has 78 valence electrons. The molecule has 0 amide bonds. The van der Waals surface area contributed by atoms with Gasteiger partial charge in [0.1, 0.15) is 0 Å². The second-order valence-corrected chi connectivity index (χ2v) is 4.26. The van der Waals surface area contributed by atoms with Crippen molar-refractivity contribution < 1.29 is 0 Å². The van der Waals surface area contributed by atoms with E-state index in [0.29, 0.717) is 6.54 Å². The van der Waals surface area contributed by atoms with Crippen molar-refractivity contribution >= 4 is 0 Å². The fourth-order valence-electron chi connectivity index (χ4n) is 1.14. The molecular weight excluding hydrogens is 180 g/mol. The maximum absolute atomic E-state index is 11.3. The molecular formula is C10H16N2O2. The van der Waals surface area contributed by atoms with E-state index in [9.17, 15) is 9.59 Å². The summed E-state index contributed by atoms with van der Waals surface area (Å²) in [5.74, 6) is 0. The van der Waals surface area contributed by atoms with Gasteiger partial charge in [-0.25, -0.2) is 4.79 Å². The third-order valence-electron chi connectivity index (χ3n) is 2.45. The van der Waals surface area contributed by atoms with Crippen LogP contribution in [0, 0.1) is 5.41 Å². The fourth-order valence-corrected chi connectivity index (χ4v) is 1.14. The van der Waals surface area contributed by atoms with Gasteiger partial charge in [0.25, 0.3) is 5.56 Å². The van der Waals surface area contributed by atoms with E-state index in [-0.39, 0.29) is 16.7 Å². The van der Waals surface area contributed by atoms with Crippen LogP contribution < -0.4 is 11.2 Å². The Hall–Kier alpha value is -1.32. The van der Waals surface area contributed by atoms with Crippen molar-refractivity contribution in [2.24, 2.45) is 5.41 Å². The summed E-state index contributed by atoms with van der Waals surface area (Å²) in [6.45, 7) is 6.88. The number of aromatic amines is 1. The summed E-state index contributed by atoms with van der Waals surface area (Å²) in [7, 11) is 0. The van der Waals surface area contributed by atoms with Gasteiger partial charge in [0.15, 0.2) is 0 Å². The normalized spacial score (nSPS) is 11.6. The highest BCUT2D eigenvalue weighted by Crippen LogP contribution is 2.20. The molecule has 4 heteroatoms. The molecule has 0 saturated carbocycles. The monoisotopic (exact) mass is 196 g/mol. The summed E-state index contributed by atoms with van der Waals surface area (Å²) in [6.07, 6.45) is 2.52. The molecule has 0 bridgehead atoms. The van der Waals surface area contributed by atoms with Crippen LogP contribution in [0.1, 0.15) is 27.2 Å². The van der Waals surface area contributed by atoms with Crippen molar-refractivity contribution in [3.8, 4) is 0 Å². The number of aromatic nitrogens is 2. The van der Waals surface area contributed by atoms with E-state index in [1.54, 1.807) is 6.20 Å². The van der Waals surface area contributed by atoms with Crippen LogP contribution in [-0.2, 0) is 6.54 Å². The number of hydrogen-bond acceptors (Lipinski definition) is 2. The lowest BCUT2D eigenvalue weighted by Crippen LogP contribution is -2.33. The van der Waals surface area contributed by atoms with Crippen LogP contribution in [0.15, 0.2) is 21.9 Å². The van der Waals surface area contributed by atoms with Gasteiger partial charge in [-0.1, -0.05) is 20.8 Å². The minimum Gasteiger partial charge on any atom is -0.300 e. The summed E-state index contributed by atoms with van der Waals surface area (Å²) in [5.41, 5.74) is -0.609. The first kappa shape index (κ1) is 10.8. The highest BCUT2D eigenvalue weighted by molar-refractivity contribution is 4.84. The maximum Gasteiger partial charge on any atom is 0.328 e. The lowest BCUT2D eigenvalue weighted by atomic mass is 9.90. The minimum atomic E-state index is -0.347. The number of rotatable bonds is 3. The SMILES string of the molecule is CCC(C)(C)Cn1ccc(=O)[nH]c1=O. The maximum atomic E-state index is 11.3. The number of nitrogens with one attached hydrogen (secondary N) is 1. The Morgan fingerprint density at radius 3 is 2.57 bits per heavy atom. The lowest BCUT2D eigenvalue weighted by Gasteiger charge is -2.23. The first-order chi connectivity index (χ1) is 6.44. The molecule has 0 aliphatic heterocycles. The largest absolute Gasteiger partial charge is 0.328 e. The molecule has 0 saturated heterocycles. The first-order valence-electron chi connectivity index (χ1n) is 4.74. The van der Waals surface area contributed by atoms with Gasteiger partial charge in [0, 0.05) is 18.8 Å². The molecule has 1 aromatic rings. The van der Waals surface area contributed by atoms with Crippen molar-refractivity contribution in [3.05, 3.63) is 33.1 Å². The van der Waals surface area contributed by atoms with E-state index in [1.807, 2.05) is 0 Å². The molecule has 1 heterocycles. The molecule has 0 radical (unpaired) electrons. The second-order valence-electron chi connectivity index (χ2n) is 4.26. The van der Waals surface area contributed by atoms with Crippen LogP contribution >= 0.6 is 0 Å². The smallest absolute Gasteiger partial charge is 0.300 e. The van der Waals surface area contributed by atoms with Gasteiger partial charge in [-0.2, -0.15) is 0 Å². The molecule has 0 atom stereocenters. The molecule has 0 spiro atoms. The average Bonchev–Trinajstić information content (AvgIpc) is 2.10. The molecule has 0 aliphatic carbocycles. The number of nitrogens with zero attached hydrogens (tertiary/aromatic N) is 1. The third-order valence-corrected chi connectivity index (χ3v) is 2.45. The summed E-state index contributed by atoms with van der Waals surface area (Å²) in [6, 6.07) is 1.37. The Labute approximate surface area is 82.6 Å². The highest BCUT2D eigenvalue weighted by atomic mass is 16.2. The zero-order chi connectivity index (χ0) is 10.8. The topological polar surface area (TPSA) is 54.9 Å². The van der Waals surface area contributed by atoms with Crippen LogP contribution in [-0.4, -0.2) is 9.55 Å². The quantitative estimate of drug-likeness (QED) is 0.783. The minimum absolute atomic E-state index is 0.0715. The van der Waals surface area contributed by atoms with Gasteiger partial charge in [-0.15, -0.1) is 0 Å². The Morgan fingerprint density at radius 1 is 1.43 bits per heavy atom. The molecule has 1 N–H and O–H groups in total. The van der Waals surface area contributed by atoms with Crippen LogP contribution in [0.4, 0.5) is 0 Å². The van der Waals surface area contributed by atoms with Crippen LogP contribution in [0.25, 0.3) is 0 Å². The van der Waals surface area contributed by atoms with Crippen molar-refractivity contribution in [3.63, 3.8) is 0 Å². The zero-order valence-electron chi connectivity index (χ0n) is 8.83. The van der Waals surface area contributed by atoms with Crippen LogP contribution in [0.3, 0.4) is 0 Å². The fraction of sp³-hybridized carbons (Fsp3) is 0.600. The van der Waals surface area contributed by atoms with Gasteiger partial charge in [-0.05, 0) is 11.8 Å². The molecule has 1 aromatic heterocycles. The Morgan fingerprint density at radius 2 is 2.07 bits per heavy atom. The van der Waals surface area contributed by atoms with Gasteiger partial charge in [-0.3, -0.25) is 9.78 Å². The van der Waals surface area contributed by atoms with Gasteiger partial charge in [0.05, 0.1) is 0 Å². The highest BCUT2D eigenvalue weighted by Gasteiger charge is 2.16. The van der Waals surface area contributed by atoms with E-state index in [4.69, 9.17) is 0 Å². The van der Waals surface area contributed by atoms with Crippen molar-refractivity contribution in [1.29, 1.82) is 0 Å². The van der Waals surface area contributed by atoms with E-state index >= 15 is 0 Å². The van der Waals surface area contributed by atoms with E-state index in [1.165, 1.54) is 10.6 Å². The average molecular weight is 196 g/mol. The van der Waals surface area contributed by atoms with E-state index < -0.39 is 0 Å². The van der Waals surface area contributed by atoms with E-state index in [2.05, 4.69) is 25.8 Å². The first-order valence-corrected chi connectivity index (χ1v) is 4.74. The Balaban J connectivity index is 2.99. The summed E-state index contributed by atoms with van der Waals surface area (Å²) >= 11 is 0. The van der Waals surface area contributed by atoms with Crippen LogP contribution in [0.2, 0.25) is 0 Å². The van der Waals surface area contributed by atoms with Gasteiger partial charge in [0.2, 0.25) is 0 Å². The van der Waals surface area contributed by atoms with E-state index in [0.717, 1.165) is 6.42 Å². The van der Waals surface area contributed by atoms with Crippen molar-refractivity contribution in [2.75, 3.05) is 0 Å². The molecule has 0 fully saturated rings. The molecule has 0 unspecified atom stereocenters. The molecule has 4 nitrogen and oxygen atoms in total. The molecule has 0 aromatic carbocycles. The number of H-pyrrole nitrogens is 1. The third kappa shape index (κ3) is 2.58. The number of hydrogen-bond donors (Lipinski definition) is 1. The Kier molecular flexibility index (Phi) is 2.93. The Bertz CT molecular complexity index is 415. The summed E-state index contributed by atoms with van der Waals surface area (Å²) in [5, 5.41) is 0. The van der Waals surface area contributed by atoms with Crippen molar-refractivity contribution in [2.45, 2.75) is 33.7 Å².